The first-order valence-electron chi connectivity index (χ1n) is 8.74. The van der Waals surface area contributed by atoms with Gasteiger partial charge in [-0.15, -0.1) is 6.42 Å². The molecule has 30 heavy (non-hydrogen) atoms. The summed E-state index contributed by atoms with van der Waals surface area (Å²) in [6.45, 7) is 0.116. The number of carbonyl (C=O) groups excluding carboxylic acids is 2. The molecule has 0 unspecified atom stereocenters. The van der Waals surface area contributed by atoms with Gasteiger partial charge in [-0.05, 0) is 64.6 Å². The van der Waals surface area contributed by atoms with Crippen molar-refractivity contribution in [3.8, 4) is 23.8 Å². The van der Waals surface area contributed by atoms with Gasteiger partial charge >= 0.3 is 0 Å². The van der Waals surface area contributed by atoms with Crippen LogP contribution in [-0.4, -0.2) is 31.7 Å². The lowest BCUT2D eigenvalue weighted by Gasteiger charge is -2.11. The molecule has 0 saturated heterocycles. The molecule has 0 radical (unpaired) electrons. The van der Waals surface area contributed by atoms with Crippen molar-refractivity contribution < 1.29 is 23.5 Å². The lowest BCUT2D eigenvalue weighted by molar-refractivity contribution is -0.124. The third-order valence-electron chi connectivity index (χ3n) is 3.66. The SMILES string of the molecule is C#CCOc1c(I)cc(C=NNC(=O)CCC(=O)Nc2ccc(F)cc2)cc1OC. The zero-order valence-corrected chi connectivity index (χ0v) is 18.2. The monoisotopic (exact) mass is 523 g/mol. The maximum Gasteiger partial charge on any atom is 0.240 e. The van der Waals surface area contributed by atoms with E-state index in [1.807, 2.05) is 0 Å². The van der Waals surface area contributed by atoms with Crippen LogP contribution in [0.3, 0.4) is 0 Å². The van der Waals surface area contributed by atoms with E-state index >= 15 is 0 Å². The third kappa shape index (κ3) is 7.36. The summed E-state index contributed by atoms with van der Waals surface area (Å²) in [4.78, 5) is 23.7. The molecule has 156 valence electrons. The average molecular weight is 523 g/mol. The van der Waals surface area contributed by atoms with E-state index in [0.29, 0.717) is 22.7 Å². The molecule has 0 fully saturated rings. The minimum absolute atomic E-state index is 0.0360. The normalized spacial score (nSPS) is 10.3. The Labute approximate surface area is 187 Å². The minimum Gasteiger partial charge on any atom is -0.493 e. The van der Waals surface area contributed by atoms with E-state index in [-0.39, 0.29) is 25.4 Å². The number of nitrogens with zero attached hydrogens (tertiary/aromatic N) is 1. The second-order valence-corrected chi connectivity index (χ2v) is 7.04. The van der Waals surface area contributed by atoms with Gasteiger partial charge in [0.25, 0.3) is 0 Å². The van der Waals surface area contributed by atoms with E-state index < -0.39 is 11.7 Å². The molecule has 0 atom stereocenters. The molecule has 0 saturated carbocycles. The number of halogens is 2. The standard InChI is InChI=1S/C21H19FIN3O4/c1-3-10-30-21-17(23)11-14(12-18(21)29-2)13-24-26-20(28)9-8-19(27)25-16-6-4-15(22)5-7-16/h1,4-7,11-13H,8-10H2,2H3,(H,25,27)(H,26,28). The fraction of sp³-hybridized carbons (Fsp3) is 0.190. The van der Waals surface area contributed by atoms with Gasteiger partial charge in [0.2, 0.25) is 11.8 Å². The Hall–Kier alpha value is -3.13. The third-order valence-corrected chi connectivity index (χ3v) is 4.46. The number of hydrazone groups is 1. The van der Waals surface area contributed by atoms with Crippen molar-refractivity contribution in [1.82, 2.24) is 5.43 Å². The predicted molar refractivity (Wildman–Crippen MR) is 120 cm³/mol. The molecule has 2 amide bonds. The maximum atomic E-state index is 12.9. The Kier molecular flexibility index (Phi) is 9.08. The number of benzene rings is 2. The molecular formula is C21H19FIN3O4. The number of hydrogen-bond donors (Lipinski definition) is 2. The summed E-state index contributed by atoms with van der Waals surface area (Å²) in [5, 5.41) is 6.47. The molecule has 2 aromatic carbocycles. The predicted octanol–water partition coefficient (Wildman–Crippen LogP) is 3.32. The number of terminal acetylenes is 1. The van der Waals surface area contributed by atoms with Gasteiger partial charge in [0.05, 0.1) is 16.9 Å². The number of anilines is 1. The molecule has 0 aliphatic rings. The highest BCUT2D eigenvalue weighted by Gasteiger charge is 2.11. The van der Waals surface area contributed by atoms with Crippen molar-refractivity contribution in [2.24, 2.45) is 5.10 Å². The number of hydrogen-bond acceptors (Lipinski definition) is 5. The summed E-state index contributed by atoms with van der Waals surface area (Å²) in [7, 11) is 1.51. The second kappa shape index (κ2) is 11.8. The van der Waals surface area contributed by atoms with E-state index in [4.69, 9.17) is 15.9 Å². The van der Waals surface area contributed by atoms with Crippen molar-refractivity contribution in [3.05, 3.63) is 51.3 Å². The van der Waals surface area contributed by atoms with Crippen LogP contribution in [0, 0.1) is 21.7 Å². The van der Waals surface area contributed by atoms with Crippen LogP contribution < -0.4 is 20.2 Å². The highest BCUT2D eigenvalue weighted by atomic mass is 127. The van der Waals surface area contributed by atoms with E-state index in [1.165, 1.54) is 37.6 Å². The molecule has 0 spiro atoms. The van der Waals surface area contributed by atoms with Crippen LogP contribution in [0.15, 0.2) is 41.5 Å². The van der Waals surface area contributed by atoms with Gasteiger partial charge in [-0.3, -0.25) is 9.59 Å². The fourth-order valence-electron chi connectivity index (χ4n) is 2.29. The van der Waals surface area contributed by atoms with Gasteiger partial charge < -0.3 is 14.8 Å². The van der Waals surface area contributed by atoms with Crippen LogP contribution in [0.5, 0.6) is 11.5 Å². The fourth-order valence-corrected chi connectivity index (χ4v) is 3.07. The molecule has 7 nitrogen and oxygen atoms in total. The summed E-state index contributed by atoms with van der Waals surface area (Å²) in [6, 6.07) is 8.84. The molecule has 0 heterocycles. The molecule has 2 rings (SSSR count). The maximum absolute atomic E-state index is 12.9. The first-order chi connectivity index (χ1) is 14.4. The quantitative estimate of drug-likeness (QED) is 0.229. The van der Waals surface area contributed by atoms with Crippen LogP contribution in [0.25, 0.3) is 0 Å². The van der Waals surface area contributed by atoms with Crippen molar-refractivity contribution in [1.29, 1.82) is 0 Å². The highest BCUT2D eigenvalue weighted by molar-refractivity contribution is 14.1. The van der Waals surface area contributed by atoms with Crippen molar-refractivity contribution >= 4 is 46.3 Å². The number of ether oxygens (including phenoxy) is 2. The number of nitrogens with one attached hydrogen (secondary N) is 2. The first kappa shape index (κ1) is 23.2. The Morgan fingerprint density at radius 2 is 1.93 bits per heavy atom. The Bertz CT molecular complexity index is 971. The average Bonchev–Trinajstić information content (AvgIpc) is 2.73. The molecular weight excluding hydrogens is 504 g/mol. The lowest BCUT2D eigenvalue weighted by Crippen LogP contribution is -2.20. The van der Waals surface area contributed by atoms with Crippen LogP contribution in [0.1, 0.15) is 18.4 Å². The van der Waals surface area contributed by atoms with Gasteiger partial charge in [-0.2, -0.15) is 5.10 Å². The Morgan fingerprint density at radius 3 is 2.60 bits per heavy atom. The van der Waals surface area contributed by atoms with Crippen molar-refractivity contribution in [2.75, 3.05) is 19.0 Å². The summed E-state index contributed by atoms with van der Waals surface area (Å²) >= 11 is 2.08. The lowest BCUT2D eigenvalue weighted by atomic mass is 10.2. The van der Waals surface area contributed by atoms with Gasteiger partial charge in [0.15, 0.2) is 11.5 Å². The van der Waals surface area contributed by atoms with Gasteiger partial charge in [0, 0.05) is 18.5 Å². The summed E-state index contributed by atoms with van der Waals surface area (Å²) < 4.78 is 24.4. The molecule has 0 aliphatic carbocycles. The molecule has 2 aromatic rings. The number of methoxy groups -OCH3 is 1. The van der Waals surface area contributed by atoms with Crippen molar-refractivity contribution in [3.63, 3.8) is 0 Å². The van der Waals surface area contributed by atoms with Crippen LogP contribution >= 0.6 is 22.6 Å². The first-order valence-corrected chi connectivity index (χ1v) is 9.82. The van der Waals surface area contributed by atoms with E-state index in [2.05, 4.69) is 44.4 Å². The molecule has 0 aliphatic heterocycles. The summed E-state index contributed by atoms with van der Waals surface area (Å²) in [5.41, 5.74) is 3.50. The largest absolute Gasteiger partial charge is 0.493 e. The zero-order valence-electron chi connectivity index (χ0n) is 16.1. The topological polar surface area (TPSA) is 89.0 Å². The molecule has 0 bridgehead atoms. The van der Waals surface area contributed by atoms with E-state index in [1.54, 1.807) is 12.1 Å². The molecule has 0 aromatic heterocycles. The van der Waals surface area contributed by atoms with Crippen LogP contribution in [0.2, 0.25) is 0 Å². The number of amides is 2. The smallest absolute Gasteiger partial charge is 0.240 e. The van der Waals surface area contributed by atoms with E-state index in [9.17, 15) is 14.0 Å². The van der Waals surface area contributed by atoms with Crippen LogP contribution in [-0.2, 0) is 9.59 Å². The molecule has 9 heteroatoms. The second-order valence-electron chi connectivity index (χ2n) is 5.88. The zero-order chi connectivity index (χ0) is 21.9. The highest BCUT2D eigenvalue weighted by Crippen LogP contribution is 2.33. The molecule has 2 N–H and O–H groups in total. The number of carbonyl (C=O) groups is 2. The van der Waals surface area contributed by atoms with Crippen molar-refractivity contribution in [2.45, 2.75) is 12.8 Å². The Morgan fingerprint density at radius 1 is 1.23 bits per heavy atom. The summed E-state index contributed by atoms with van der Waals surface area (Å²) in [5.74, 6) is 2.24. The van der Waals surface area contributed by atoms with Crippen LogP contribution in [0.4, 0.5) is 10.1 Å². The summed E-state index contributed by atoms with van der Waals surface area (Å²) in [6.07, 6.45) is 6.57. The van der Waals surface area contributed by atoms with Gasteiger partial charge in [-0.1, -0.05) is 5.92 Å². The van der Waals surface area contributed by atoms with Gasteiger partial charge in [-0.25, -0.2) is 9.82 Å². The minimum atomic E-state index is -0.420. The Balaban J connectivity index is 1.85. The van der Waals surface area contributed by atoms with E-state index in [0.717, 1.165) is 3.57 Å². The van der Waals surface area contributed by atoms with Gasteiger partial charge in [0.1, 0.15) is 12.4 Å². The number of rotatable bonds is 9.